The third-order valence-electron chi connectivity index (χ3n) is 6.34. The van der Waals surface area contributed by atoms with Crippen LogP contribution in [0.5, 0.6) is 0 Å². The maximum atomic E-state index is 4.59. The van der Waals surface area contributed by atoms with Crippen LogP contribution in [0.15, 0.2) is 35.3 Å². The second kappa shape index (κ2) is 10.1. The Morgan fingerprint density at radius 2 is 1.89 bits per heavy atom. The summed E-state index contributed by atoms with van der Waals surface area (Å²) in [5.74, 6) is 2.71. The minimum Gasteiger partial charge on any atom is -0.353 e. The molecule has 1 N–H and O–H groups in total. The van der Waals surface area contributed by atoms with Crippen molar-refractivity contribution in [3.05, 3.63) is 35.9 Å². The smallest absolute Gasteiger partial charge is 0.193 e. The summed E-state index contributed by atoms with van der Waals surface area (Å²) < 4.78 is 0. The Balaban J connectivity index is 0.00000210. The summed E-state index contributed by atoms with van der Waals surface area (Å²) in [4.78, 5) is 9.77. The molecule has 4 rings (SSSR count). The Bertz CT molecular complexity index is 600. The SMILES string of the molecule is CN=C(NC1CC1Cc1ccccc1)N1CCC(CN2CCCCC2)C1.I. The van der Waals surface area contributed by atoms with Gasteiger partial charge in [0.1, 0.15) is 0 Å². The van der Waals surface area contributed by atoms with E-state index in [0.717, 1.165) is 24.3 Å². The Morgan fingerprint density at radius 1 is 1.11 bits per heavy atom. The van der Waals surface area contributed by atoms with E-state index in [1.807, 2.05) is 7.05 Å². The van der Waals surface area contributed by atoms with E-state index < -0.39 is 0 Å². The number of rotatable bonds is 5. The Kier molecular flexibility index (Phi) is 7.82. The number of hydrogen-bond acceptors (Lipinski definition) is 2. The molecule has 3 unspecified atom stereocenters. The van der Waals surface area contributed by atoms with E-state index in [2.05, 4.69) is 50.4 Å². The van der Waals surface area contributed by atoms with Gasteiger partial charge in [-0.15, -0.1) is 24.0 Å². The zero-order valence-corrected chi connectivity index (χ0v) is 19.0. The highest BCUT2D eigenvalue weighted by atomic mass is 127. The van der Waals surface area contributed by atoms with Gasteiger partial charge in [0, 0.05) is 32.7 Å². The molecule has 2 aliphatic heterocycles. The van der Waals surface area contributed by atoms with E-state index in [1.54, 1.807) is 0 Å². The van der Waals surface area contributed by atoms with Crippen LogP contribution < -0.4 is 5.32 Å². The molecular weight excluding hydrogens is 447 g/mol. The molecule has 2 saturated heterocycles. The zero-order valence-electron chi connectivity index (χ0n) is 16.6. The fourth-order valence-electron chi connectivity index (χ4n) is 4.71. The van der Waals surface area contributed by atoms with E-state index in [1.165, 1.54) is 70.3 Å². The predicted octanol–water partition coefficient (Wildman–Crippen LogP) is 3.62. The highest BCUT2D eigenvalue weighted by molar-refractivity contribution is 14.0. The second-order valence-electron chi connectivity index (χ2n) is 8.45. The van der Waals surface area contributed by atoms with E-state index in [0.29, 0.717) is 6.04 Å². The summed E-state index contributed by atoms with van der Waals surface area (Å²) in [6.07, 6.45) is 7.99. The first-order valence-corrected chi connectivity index (χ1v) is 10.6. The van der Waals surface area contributed by atoms with Crippen LogP contribution in [0.25, 0.3) is 0 Å². The number of likely N-dealkylation sites (tertiary alicyclic amines) is 2. The maximum Gasteiger partial charge on any atom is 0.193 e. The Morgan fingerprint density at radius 3 is 2.63 bits per heavy atom. The highest BCUT2D eigenvalue weighted by Gasteiger charge is 2.39. The van der Waals surface area contributed by atoms with Crippen molar-refractivity contribution in [1.82, 2.24) is 15.1 Å². The second-order valence-corrected chi connectivity index (χ2v) is 8.45. The number of benzene rings is 1. The average molecular weight is 482 g/mol. The van der Waals surface area contributed by atoms with Crippen LogP contribution in [0.4, 0.5) is 0 Å². The van der Waals surface area contributed by atoms with Crippen LogP contribution in [-0.2, 0) is 6.42 Å². The van der Waals surface area contributed by atoms with Crippen LogP contribution in [-0.4, -0.2) is 61.6 Å². The van der Waals surface area contributed by atoms with Gasteiger partial charge in [-0.1, -0.05) is 36.8 Å². The third kappa shape index (κ3) is 5.83. The van der Waals surface area contributed by atoms with E-state index >= 15 is 0 Å². The first-order valence-electron chi connectivity index (χ1n) is 10.6. The van der Waals surface area contributed by atoms with Crippen molar-refractivity contribution in [3.63, 3.8) is 0 Å². The van der Waals surface area contributed by atoms with E-state index in [9.17, 15) is 0 Å². The number of hydrogen-bond donors (Lipinski definition) is 1. The quantitative estimate of drug-likeness (QED) is 0.395. The van der Waals surface area contributed by atoms with Gasteiger partial charge in [-0.25, -0.2) is 0 Å². The third-order valence-corrected chi connectivity index (χ3v) is 6.34. The van der Waals surface area contributed by atoms with Crippen molar-refractivity contribution in [3.8, 4) is 0 Å². The van der Waals surface area contributed by atoms with Gasteiger partial charge >= 0.3 is 0 Å². The fraction of sp³-hybridized carbons (Fsp3) is 0.682. The van der Waals surface area contributed by atoms with Gasteiger partial charge in [0.2, 0.25) is 0 Å². The van der Waals surface area contributed by atoms with Gasteiger partial charge < -0.3 is 15.1 Å². The summed E-state index contributed by atoms with van der Waals surface area (Å²) in [6.45, 7) is 6.24. The van der Waals surface area contributed by atoms with Crippen LogP contribution in [0.2, 0.25) is 0 Å². The Labute approximate surface area is 181 Å². The van der Waals surface area contributed by atoms with Gasteiger partial charge in [0.05, 0.1) is 0 Å². The number of halogens is 1. The summed E-state index contributed by atoms with van der Waals surface area (Å²) in [6, 6.07) is 11.5. The molecule has 150 valence electrons. The first-order chi connectivity index (χ1) is 12.8. The van der Waals surface area contributed by atoms with E-state index in [4.69, 9.17) is 0 Å². The minimum absolute atomic E-state index is 0. The lowest BCUT2D eigenvalue weighted by Gasteiger charge is -2.29. The zero-order chi connectivity index (χ0) is 17.8. The molecule has 4 nitrogen and oxygen atoms in total. The van der Waals surface area contributed by atoms with Crippen LogP contribution in [0.3, 0.4) is 0 Å². The molecule has 1 aromatic rings. The largest absolute Gasteiger partial charge is 0.353 e. The molecule has 0 bridgehead atoms. The van der Waals surface area contributed by atoms with Crippen molar-refractivity contribution in [2.75, 3.05) is 39.8 Å². The maximum absolute atomic E-state index is 4.59. The lowest BCUT2D eigenvalue weighted by molar-refractivity contribution is 0.198. The van der Waals surface area contributed by atoms with Gasteiger partial charge in [-0.2, -0.15) is 0 Å². The van der Waals surface area contributed by atoms with Crippen molar-refractivity contribution >= 4 is 29.9 Å². The number of nitrogens with one attached hydrogen (secondary N) is 1. The molecule has 1 aromatic carbocycles. The molecule has 3 fully saturated rings. The van der Waals surface area contributed by atoms with E-state index in [-0.39, 0.29) is 24.0 Å². The minimum atomic E-state index is 0. The summed E-state index contributed by atoms with van der Waals surface area (Å²) in [5.41, 5.74) is 1.46. The summed E-state index contributed by atoms with van der Waals surface area (Å²) in [7, 11) is 1.94. The molecule has 0 amide bonds. The molecule has 2 heterocycles. The van der Waals surface area contributed by atoms with Crippen LogP contribution in [0, 0.1) is 11.8 Å². The van der Waals surface area contributed by atoms with Crippen LogP contribution >= 0.6 is 24.0 Å². The molecule has 27 heavy (non-hydrogen) atoms. The van der Waals surface area contributed by atoms with Gasteiger partial charge in [-0.3, -0.25) is 4.99 Å². The lowest BCUT2D eigenvalue weighted by atomic mass is 10.1. The lowest BCUT2D eigenvalue weighted by Crippen LogP contribution is -2.42. The van der Waals surface area contributed by atoms with Crippen molar-refractivity contribution in [2.45, 2.75) is 44.6 Å². The molecule has 0 radical (unpaired) electrons. The first kappa shape index (κ1) is 20.9. The predicted molar refractivity (Wildman–Crippen MR) is 124 cm³/mol. The highest BCUT2D eigenvalue weighted by Crippen LogP contribution is 2.34. The van der Waals surface area contributed by atoms with Crippen molar-refractivity contribution in [1.29, 1.82) is 0 Å². The molecule has 5 heteroatoms. The van der Waals surface area contributed by atoms with Gasteiger partial charge in [-0.05, 0) is 62.6 Å². The summed E-state index contributed by atoms with van der Waals surface area (Å²) in [5, 5.41) is 3.74. The van der Waals surface area contributed by atoms with Crippen molar-refractivity contribution in [2.24, 2.45) is 16.8 Å². The van der Waals surface area contributed by atoms with Crippen LogP contribution in [0.1, 0.15) is 37.7 Å². The molecule has 1 saturated carbocycles. The molecular formula is C22H35IN4. The standard InChI is InChI=1S/C22H34N4.HI/c1-23-22(24-21-15-20(21)14-18-8-4-2-5-9-18)26-13-10-19(17-26)16-25-11-6-3-7-12-25;/h2,4-5,8-9,19-21H,3,6-7,10-17H2,1H3,(H,23,24);1H. The average Bonchev–Trinajstić information content (AvgIpc) is 3.24. The molecule has 3 aliphatic rings. The monoisotopic (exact) mass is 482 g/mol. The molecule has 0 spiro atoms. The van der Waals surface area contributed by atoms with Gasteiger partial charge in [0.25, 0.3) is 0 Å². The molecule has 1 aliphatic carbocycles. The number of guanidine groups is 1. The Hall–Kier alpha value is -0.820. The number of aliphatic imine (C=N–C) groups is 1. The normalized spacial score (nSPS) is 28.7. The van der Waals surface area contributed by atoms with Crippen molar-refractivity contribution < 1.29 is 0 Å². The fourth-order valence-corrected chi connectivity index (χ4v) is 4.71. The topological polar surface area (TPSA) is 30.9 Å². The summed E-state index contributed by atoms with van der Waals surface area (Å²) >= 11 is 0. The number of piperidine rings is 1. The molecule has 0 aromatic heterocycles. The number of nitrogens with zero attached hydrogens (tertiary/aromatic N) is 3. The molecule has 3 atom stereocenters. The van der Waals surface area contributed by atoms with Gasteiger partial charge in [0.15, 0.2) is 5.96 Å².